The number of nitrogens with one attached hydrogen (secondary N) is 1. The van der Waals surface area contributed by atoms with Crippen LogP contribution in [0.15, 0.2) is 42.6 Å². The van der Waals surface area contributed by atoms with Crippen LogP contribution in [0.2, 0.25) is 0 Å². The molecular weight excluding hydrogens is 494 g/mol. The minimum Gasteiger partial charge on any atom is -0.475 e. The Hall–Kier alpha value is -3.19. The molecule has 0 radical (unpaired) electrons. The number of aliphatic carboxylic acids is 1. The number of carbonyl (C=O) groups is 2. The summed E-state index contributed by atoms with van der Waals surface area (Å²) in [5.41, 5.74) is 0.412. The summed E-state index contributed by atoms with van der Waals surface area (Å²) in [7, 11) is 0. The van der Waals surface area contributed by atoms with E-state index in [0.29, 0.717) is 17.7 Å². The molecule has 2 bridgehead atoms. The second-order valence-corrected chi connectivity index (χ2v) is 8.37. The van der Waals surface area contributed by atoms with Crippen molar-refractivity contribution >= 4 is 11.9 Å². The van der Waals surface area contributed by atoms with E-state index in [0.717, 1.165) is 51.3 Å². The Labute approximate surface area is 202 Å². The summed E-state index contributed by atoms with van der Waals surface area (Å²) < 4.78 is 70.7. The molecule has 4 heterocycles. The Morgan fingerprint density at radius 1 is 1.00 bits per heavy atom. The Bertz CT molecular complexity index is 1070. The van der Waals surface area contributed by atoms with E-state index in [1.54, 1.807) is 12.1 Å². The molecule has 3 atom stereocenters. The van der Waals surface area contributed by atoms with Crippen LogP contribution in [0.25, 0.3) is 11.1 Å². The van der Waals surface area contributed by atoms with Crippen LogP contribution in [-0.4, -0.2) is 83.3 Å². The fourth-order valence-corrected chi connectivity index (χ4v) is 4.06. The Balaban J connectivity index is 0.000000454. The molecule has 0 saturated carbocycles. The lowest BCUT2D eigenvalue weighted by Gasteiger charge is -2.37. The standard InChI is InChI=1S/C21H23F3N4O.C2HF3O2/c22-21(23,24)17-4-1-3-15(11-17)16-5-6-25-19(12-16)20(29)26-13-18-14-27-7-2-8-28(18)10-9-27;3-2(4,5)1(6)7/h1,3-6,11-12,18H,2,7-10,13-14H2,(H,26,29);(H,6,7). The van der Waals surface area contributed by atoms with Gasteiger partial charge in [-0.1, -0.05) is 12.1 Å². The molecule has 2 N–H and O–H groups in total. The highest BCUT2D eigenvalue weighted by atomic mass is 19.4. The maximum Gasteiger partial charge on any atom is 0.490 e. The highest BCUT2D eigenvalue weighted by Crippen LogP contribution is 2.32. The third-order valence-corrected chi connectivity index (χ3v) is 5.87. The molecule has 2 aromatic rings. The number of hydrogen-bond acceptors (Lipinski definition) is 5. The third-order valence-electron chi connectivity index (χ3n) is 5.87. The summed E-state index contributed by atoms with van der Waals surface area (Å²) in [6.45, 7) is 5.71. The van der Waals surface area contributed by atoms with Gasteiger partial charge in [-0.3, -0.25) is 14.7 Å². The van der Waals surface area contributed by atoms with Crippen molar-refractivity contribution in [3.8, 4) is 11.1 Å². The number of amides is 1. The van der Waals surface area contributed by atoms with Crippen molar-refractivity contribution < 1.29 is 41.0 Å². The van der Waals surface area contributed by atoms with Gasteiger partial charge in [-0.25, -0.2) is 4.79 Å². The van der Waals surface area contributed by atoms with E-state index in [2.05, 4.69) is 20.1 Å². The molecule has 36 heavy (non-hydrogen) atoms. The maximum atomic E-state index is 13.0. The van der Waals surface area contributed by atoms with Crippen molar-refractivity contribution in [2.75, 3.05) is 39.3 Å². The largest absolute Gasteiger partial charge is 0.490 e. The number of carboxylic acids is 1. The number of carbonyl (C=O) groups excluding carboxylic acids is 1. The van der Waals surface area contributed by atoms with Gasteiger partial charge in [0.25, 0.3) is 5.91 Å². The van der Waals surface area contributed by atoms with E-state index < -0.39 is 23.9 Å². The highest BCUT2D eigenvalue weighted by Gasteiger charge is 2.38. The topological polar surface area (TPSA) is 85.8 Å². The maximum absolute atomic E-state index is 13.0. The van der Waals surface area contributed by atoms with Crippen LogP contribution in [0.4, 0.5) is 26.3 Å². The van der Waals surface area contributed by atoms with Gasteiger partial charge in [0.15, 0.2) is 0 Å². The first-order valence-corrected chi connectivity index (χ1v) is 11.0. The minimum atomic E-state index is -5.08. The molecule has 3 aliphatic heterocycles. The lowest BCUT2D eigenvalue weighted by molar-refractivity contribution is -0.192. The first-order chi connectivity index (χ1) is 16.8. The van der Waals surface area contributed by atoms with Gasteiger partial charge in [0.1, 0.15) is 5.69 Å². The molecule has 13 heteroatoms. The monoisotopic (exact) mass is 518 g/mol. The number of benzene rings is 1. The number of nitrogens with zero attached hydrogens (tertiary/aromatic N) is 3. The number of alkyl halides is 6. The van der Waals surface area contributed by atoms with Gasteiger partial charge in [0, 0.05) is 38.4 Å². The van der Waals surface area contributed by atoms with Gasteiger partial charge in [-0.2, -0.15) is 26.3 Å². The number of piperazine rings is 1. The van der Waals surface area contributed by atoms with Crippen LogP contribution >= 0.6 is 0 Å². The fraction of sp³-hybridized carbons (Fsp3) is 0.435. The number of carboxylic acid groups (broad SMARTS) is 1. The van der Waals surface area contributed by atoms with Crippen LogP contribution in [0.1, 0.15) is 22.5 Å². The van der Waals surface area contributed by atoms with Gasteiger partial charge in [0.2, 0.25) is 0 Å². The molecule has 1 amide bonds. The highest BCUT2D eigenvalue weighted by molar-refractivity contribution is 5.93. The Morgan fingerprint density at radius 3 is 2.36 bits per heavy atom. The van der Waals surface area contributed by atoms with E-state index in [9.17, 15) is 31.1 Å². The second-order valence-electron chi connectivity index (χ2n) is 8.37. The van der Waals surface area contributed by atoms with E-state index >= 15 is 0 Å². The first-order valence-electron chi connectivity index (χ1n) is 11.0. The van der Waals surface area contributed by atoms with Crippen molar-refractivity contribution in [2.24, 2.45) is 0 Å². The molecule has 0 aliphatic carbocycles. The zero-order valence-corrected chi connectivity index (χ0v) is 18.9. The molecular formula is C23H24F6N4O3. The van der Waals surface area contributed by atoms with Crippen LogP contribution in [0.3, 0.4) is 0 Å². The van der Waals surface area contributed by atoms with E-state index in [1.165, 1.54) is 18.3 Å². The molecule has 5 rings (SSSR count). The summed E-state index contributed by atoms with van der Waals surface area (Å²) in [6.07, 6.45) is -6.90. The average molecular weight is 518 g/mol. The van der Waals surface area contributed by atoms with Crippen molar-refractivity contribution in [1.29, 1.82) is 0 Å². The number of halogens is 6. The van der Waals surface area contributed by atoms with Crippen molar-refractivity contribution in [3.05, 3.63) is 53.9 Å². The summed E-state index contributed by atoms with van der Waals surface area (Å²) in [5.74, 6) is -3.07. The molecule has 3 saturated heterocycles. The quantitative estimate of drug-likeness (QED) is 0.603. The lowest BCUT2D eigenvalue weighted by Crippen LogP contribution is -2.54. The van der Waals surface area contributed by atoms with Gasteiger partial charge in [-0.05, 0) is 54.9 Å². The van der Waals surface area contributed by atoms with E-state index in [1.807, 2.05) is 0 Å². The first kappa shape index (κ1) is 27.4. The number of aromatic nitrogens is 1. The van der Waals surface area contributed by atoms with Crippen LogP contribution in [0.5, 0.6) is 0 Å². The molecule has 0 spiro atoms. The summed E-state index contributed by atoms with van der Waals surface area (Å²) in [4.78, 5) is 30.4. The number of pyridine rings is 1. The van der Waals surface area contributed by atoms with Crippen LogP contribution < -0.4 is 5.32 Å². The normalized spacial score (nSPS) is 21.7. The zero-order valence-electron chi connectivity index (χ0n) is 18.9. The molecule has 196 valence electrons. The van der Waals surface area contributed by atoms with Gasteiger partial charge in [-0.15, -0.1) is 0 Å². The smallest absolute Gasteiger partial charge is 0.475 e. The zero-order chi connectivity index (χ0) is 26.5. The van der Waals surface area contributed by atoms with Gasteiger partial charge in [0.05, 0.1) is 5.56 Å². The average Bonchev–Trinajstić information content (AvgIpc) is 3.18. The molecule has 7 nitrogen and oxygen atoms in total. The molecule has 1 aromatic heterocycles. The molecule has 3 unspecified atom stereocenters. The predicted molar refractivity (Wildman–Crippen MR) is 117 cm³/mol. The fourth-order valence-electron chi connectivity index (χ4n) is 4.06. The lowest BCUT2D eigenvalue weighted by atomic mass is 10.0. The Morgan fingerprint density at radius 2 is 1.69 bits per heavy atom. The van der Waals surface area contributed by atoms with E-state index in [4.69, 9.17) is 9.90 Å². The van der Waals surface area contributed by atoms with Crippen LogP contribution in [0, 0.1) is 0 Å². The third kappa shape index (κ3) is 7.40. The summed E-state index contributed by atoms with van der Waals surface area (Å²) >= 11 is 0. The molecule has 3 fully saturated rings. The summed E-state index contributed by atoms with van der Waals surface area (Å²) in [6, 6.07) is 8.50. The van der Waals surface area contributed by atoms with Gasteiger partial charge < -0.3 is 15.3 Å². The number of hydrogen-bond donors (Lipinski definition) is 2. The van der Waals surface area contributed by atoms with Crippen molar-refractivity contribution in [3.63, 3.8) is 0 Å². The van der Waals surface area contributed by atoms with Crippen LogP contribution in [-0.2, 0) is 11.0 Å². The summed E-state index contributed by atoms with van der Waals surface area (Å²) in [5, 5.41) is 10.1. The SMILES string of the molecule is O=C(NCC1CN2CCCN1CC2)c1cc(-c2cccc(C(F)(F)F)c2)ccn1.O=C(O)C(F)(F)F. The van der Waals surface area contributed by atoms with Crippen molar-refractivity contribution in [1.82, 2.24) is 20.1 Å². The predicted octanol–water partition coefficient (Wildman–Crippen LogP) is 3.52. The molecule has 3 aliphatic rings. The van der Waals surface area contributed by atoms with E-state index in [-0.39, 0.29) is 17.6 Å². The number of fused-ring (bicyclic) bond motifs is 4. The van der Waals surface area contributed by atoms with Crippen molar-refractivity contribution in [2.45, 2.75) is 24.8 Å². The number of rotatable bonds is 4. The Kier molecular flexibility index (Phi) is 8.56. The second kappa shape index (κ2) is 11.2. The van der Waals surface area contributed by atoms with Gasteiger partial charge >= 0.3 is 18.3 Å². The molecule has 1 aromatic carbocycles. The minimum absolute atomic E-state index is 0.203.